The van der Waals surface area contributed by atoms with Gasteiger partial charge < -0.3 is 10.5 Å². The summed E-state index contributed by atoms with van der Waals surface area (Å²) in [6.07, 6.45) is -0.275. The largest absolute Gasteiger partial charge is 0.484 e. The molecule has 106 valence electrons. The van der Waals surface area contributed by atoms with Crippen LogP contribution in [0.25, 0.3) is 0 Å². The highest BCUT2D eigenvalue weighted by Crippen LogP contribution is 2.32. The molecule has 20 heavy (non-hydrogen) atoms. The zero-order valence-electron chi connectivity index (χ0n) is 10.8. The van der Waals surface area contributed by atoms with Crippen LogP contribution in [0.2, 0.25) is 10.0 Å². The number of halogens is 3. The van der Waals surface area contributed by atoms with E-state index >= 15 is 0 Å². The second kappa shape index (κ2) is 6.81. The molecule has 0 fully saturated rings. The van der Waals surface area contributed by atoms with Crippen molar-refractivity contribution >= 4 is 39.1 Å². The summed E-state index contributed by atoms with van der Waals surface area (Å²) >= 11 is 15.4. The zero-order chi connectivity index (χ0) is 14.7. The van der Waals surface area contributed by atoms with Gasteiger partial charge in [-0.2, -0.15) is 0 Å². The van der Waals surface area contributed by atoms with E-state index in [1.54, 1.807) is 18.2 Å². The Bertz CT molecular complexity index is 604. The van der Waals surface area contributed by atoms with Crippen LogP contribution in [0, 0.1) is 0 Å². The average molecular weight is 375 g/mol. The zero-order valence-corrected chi connectivity index (χ0v) is 13.9. The maximum atomic E-state index is 6.05. The number of rotatable bonds is 4. The SMILES string of the molecule is CC(N)C(Oc1ccc(Cl)c(Cl)c1)c1ccccc1Br. The first kappa shape index (κ1) is 15.6. The van der Waals surface area contributed by atoms with E-state index in [0.29, 0.717) is 15.8 Å². The van der Waals surface area contributed by atoms with E-state index in [9.17, 15) is 0 Å². The lowest BCUT2D eigenvalue weighted by atomic mass is 10.0. The molecule has 0 spiro atoms. The van der Waals surface area contributed by atoms with Gasteiger partial charge in [-0.05, 0) is 25.1 Å². The van der Waals surface area contributed by atoms with Crippen LogP contribution in [0.4, 0.5) is 0 Å². The van der Waals surface area contributed by atoms with Gasteiger partial charge in [0.15, 0.2) is 0 Å². The summed E-state index contributed by atoms with van der Waals surface area (Å²) in [5.41, 5.74) is 7.04. The van der Waals surface area contributed by atoms with E-state index < -0.39 is 0 Å². The van der Waals surface area contributed by atoms with E-state index in [-0.39, 0.29) is 12.1 Å². The molecule has 2 nitrogen and oxygen atoms in total. The van der Waals surface area contributed by atoms with Crippen LogP contribution in [0.3, 0.4) is 0 Å². The molecule has 2 N–H and O–H groups in total. The van der Waals surface area contributed by atoms with Crippen molar-refractivity contribution in [1.29, 1.82) is 0 Å². The Morgan fingerprint density at radius 2 is 1.80 bits per heavy atom. The number of nitrogens with two attached hydrogens (primary N) is 1. The molecule has 2 atom stereocenters. The smallest absolute Gasteiger partial charge is 0.140 e. The van der Waals surface area contributed by atoms with Crippen molar-refractivity contribution in [3.05, 3.63) is 62.5 Å². The molecule has 0 radical (unpaired) electrons. The summed E-state index contributed by atoms with van der Waals surface area (Å²) in [6.45, 7) is 1.90. The lowest BCUT2D eigenvalue weighted by Gasteiger charge is -2.24. The molecule has 0 aliphatic heterocycles. The monoisotopic (exact) mass is 373 g/mol. The van der Waals surface area contributed by atoms with E-state index in [2.05, 4.69) is 15.9 Å². The van der Waals surface area contributed by atoms with Gasteiger partial charge >= 0.3 is 0 Å². The molecule has 2 aromatic carbocycles. The molecular formula is C15H14BrCl2NO. The summed E-state index contributed by atoms with van der Waals surface area (Å²) in [6, 6.07) is 12.8. The van der Waals surface area contributed by atoms with Crippen molar-refractivity contribution in [3.63, 3.8) is 0 Å². The van der Waals surface area contributed by atoms with E-state index in [1.807, 2.05) is 31.2 Å². The predicted molar refractivity (Wildman–Crippen MR) is 87.6 cm³/mol. The van der Waals surface area contributed by atoms with Crippen molar-refractivity contribution < 1.29 is 4.74 Å². The number of benzene rings is 2. The lowest BCUT2D eigenvalue weighted by Crippen LogP contribution is -2.29. The van der Waals surface area contributed by atoms with Crippen LogP contribution in [0.5, 0.6) is 5.75 Å². The third-order valence-corrected chi connectivity index (χ3v) is 4.30. The van der Waals surface area contributed by atoms with Crippen LogP contribution in [-0.2, 0) is 0 Å². The molecular weight excluding hydrogens is 361 g/mol. The average Bonchev–Trinajstić information content (AvgIpc) is 2.41. The minimum atomic E-state index is -0.275. The van der Waals surface area contributed by atoms with Gasteiger partial charge in [0, 0.05) is 22.1 Å². The standard InChI is InChI=1S/C15H14BrCl2NO/c1-9(19)15(11-4-2-3-5-12(11)16)20-10-6-7-13(17)14(18)8-10/h2-9,15H,19H2,1H3. The van der Waals surface area contributed by atoms with Crippen LogP contribution in [-0.4, -0.2) is 6.04 Å². The molecule has 0 aliphatic carbocycles. The summed E-state index contributed by atoms with van der Waals surface area (Å²) in [4.78, 5) is 0. The highest BCUT2D eigenvalue weighted by Gasteiger charge is 2.20. The molecule has 0 aromatic heterocycles. The van der Waals surface area contributed by atoms with Crippen LogP contribution >= 0.6 is 39.1 Å². The first-order valence-corrected chi connectivity index (χ1v) is 7.65. The molecule has 0 bridgehead atoms. The van der Waals surface area contributed by atoms with Crippen LogP contribution < -0.4 is 10.5 Å². The normalized spacial score (nSPS) is 13.8. The van der Waals surface area contributed by atoms with Crippen LogP contribution in [0.15, 0.2) is 46.9 Å². The topological polar surface area (TPSA) is 35.2 Å². The van der Waals surface area contributed by atoms with Crippen molar-refractivity contribution in [1.82, 2.24) is 0 Å². The summed E-state index contributed by atoms with van der Waals surface area (Å²) in [5, 5.41) is 0.956. The lowest BCUT2D eigenvalue weighted by molar-refractivity contribution is 0.180. The van der Waals surface area contributed by atoms with Crippen molar-refractivity contribution in [2.75, 3.05) is 0 Å². The van der Waals surface area contributed by atoms with Gasteiger partial charge in [-0.3, -0.25) is 0 Å². The van der Waals surface area contributed by atoms with Gasteiger partial charge in [-0.15, -0.1) is 0 Å². The van der Waals surface area contributed by atoms with E-state index in [1.165, 1.54) is 0 Å². The van der Waals surface area contributed by atoms with E-state index in [0.717, 1.165) is 10.0 Å². The fraction of sp³-hybridized carbons (Fsp3) is 0.200. The summed E-state index contributed by atoms with van der Waals surface area (Å²) < 4.78 is 6.94. The summed E-state index contributed by atoms with van der Waals surface area (Å²) in [7, 11) is 0. The van der Waals surface area contributed by atoms with Gasteiger partial charge in [-0.25, -0.2) is 0 Å². The number of hydrogen-bond acceptors (Lipinski definition) is 2. The predicted octanol–water partition coefficient (Wildman–Crippen LogP) is 5.22. The Morgan fingerprint density at radius 1 is 1.10 bits per heavy atom. The quantitative estimate of drug-likeness (QED) is 0.795. The second-order valence-electron chi connectivity index (χ2n) is 4.49. The Balaban J connectivity index is 2.31. The molecule has 0 aliphatic rings. The molecule has 2 rings (SSSR count). The Morgan fingerprint density at radius 3 is 2.40 bits per heavy atom. The van der Waals surface area contributed by atoms with Gasteiger partial charge in [0.05, 0.1) is 10.0 Å². The Labute approximate surface area is 137 Å². The summed E-state index contributed by atoms with van der Waals surface area (Å²) in [5.74, 6) is 0.637. The Hall–Kier alpha value is -0.740. The molecule has 0 amide bonds. The molecule has 5 heteroatoms. The minimum Gasteiger partial charge on any atom is -0.484 e. The molecule has 2 unspecified atom stereocenters. The van der Waals surface area contributed by atoms with Crippen molar-refractivity contribution in [3.8, 4) is 5.75 Å². The molecule has 0 heterocycles. The maximum absolute atomic E-state index is 6.05. The van der Waals surface area contributed by atoms with Gasteiger partial charge in [0.25, 0.3) is 0 Å². The third-order valence-electron chi connectivity index (χ3n) is 2.84. The van der Waals surface area contributed by atoms with Crippen LogP contribution in [0.1, 0.15) is 18.6 Å². The maximum Gasteiger partial charge on any atom is 0.140 e. The fourth-order valence-corrected chi connectivity index (χ4v) is 2.66. The molecule has 0 saturated heterocycles. The molecule has 2 aromatic rings. The second-order valence-corrected chi connectivity index (χ2v) is 6.16. The number of ether oxygens (including phenoxy) is 1. The highest BCUT2D eigenvalue weighted by atomic mass is 79.9. The minimum absolute atomic E-state index is 0.178. The molecule has 0 saturated carbocycles. The third kappa shape index (κ3) is 3.67. The van der Waals surface area contributed by atoms with Crippen molar-refractivity contribution in [2.24, 2.45) is 5.73 Å². The van der Waals surface area contributed by atoms with E-state index in [4.69, 9.17) is 33.7 Å². The van der Waals surface area contributed by atoms with Gasteiger partial charge in [0.1, 0.15) is 11.9 Å². The Kier molecular flexibility index (Phi) is 5.33. The van der Waals surface area contributed by atoms with Gasteiger partial charge in [0.2, 0.25) is 0 Å². The van der Waals surface area contributed by atoms with Gasteiger partial charge in [-0.1, -0.05) is 57.3 Å². The van der Waals surface area contributed by atoms with Crippen molar-refractivity contribution in [2.45, 2.75) is 19.1 Å². The number of hydrogen-bond donors (Lipinski definition) is 1. The fourth-order valence-electron chi connectivity index (χ4n) is 1.86. The highest BCUT2D eigenvalue weighted by molar-refractivity contribution is 9.10. The first-order chi connectivity index (χ1) is 9.49. The first-order valence-electron chi connectivity index (χ1n) is 6.10.